The summed E-state index contributed by atoms with van der Waals surface area (Å²) in [6.07, 6.45) is 6.24. The molecule has 0 spiro atoms. The summed E-state index contributed by atoms with van der Waals surface area (Å²) in [6.45, 7) is -0.402. The number of carbonyl (C=O) groups excluding carboxylic acids is 4. The lowest BCUT2D eigenvalue weighted by molar-refractivity contribution is -0.139. The van der Waals surface area contributed by atoms with Crippen LogP contribution in [0.2, 0.25) is 0 Å². The van der Waals surface area contributed by atoms with Gasteiger partial charge in [0, 0.05) is 21.9 Å². The van der Waals surface area contributed by atoms with Crippen molar-refractivity contribution < 1.29 is 33.4 Å². The summed E-state index contributed by atoms with van der Waals surface area (Å²) in [5.41, 5.74) is 1.07. The molecular weight excluding hydrogens is 506 g/mol. The van der Waals surface area contributed by atoms with Gasteiger partial charge in [-0.3, -0.25) is 4.79 Å². The van der Waals surface area contributed by atoms with Crippen LogP contribution in [0.3, 0.4) is 0 Å². The molecule has 2 aromatic rings. The number of methoxy groups -OCH3 is 2. The highest BCUT2D eigenvalue weighted by molar-refractivity contribution is 9.10. The molecule has 0 saturated heterocycles. The minimum atomic E-state index is -0.744. The summed E-state index contributed by atoms with van der Waals surface area (Å²) in [7, 11) is 2.41. The fraction of sp³-hybridized carbons (Fsp3) is 0.120. The number of esters is 3. The first kappa shape index (κ1) is 24.7. The van der Waals surface area contributed by atoms with Crippen LogP contribution in [-0.2, 0) is 23.8 Å². The molecular formula is C25H20BrNO7. The molecule has 0 N–H and O–H groups in total. The number of hydrogen-bond acceptors (Lipinski definition) is 8. The van der Waals surface area contributed by atoms with Gasteiger partial charge in [-0.1, -0.05) is 34.1 Å². The van der Waals surface area contributed by atoms with Crippen molar-refractivity contribution in [2.24, 2.45) is 0 Å². The highest BCUT2D eigenvalue weighted by Crippen LogP contribution is 2.26. The van der Waals surface area contributed by atoms with Crippen LogP contribution in [0.5, 0.6) is 0 Å². The van der Waals surface area contributed by atoms with Crippen LogP contribution in [0, 0.1) is 0 Å². The number of carbonyl (C=O) groups is 4. The third-order valence-electron chi connectivity index (χ3n) is 4.77. The SMILES string of the molecule is COC(=O)C1=C(C(=O)OC)N(c2ccc(C(=O)OCC(=O)c3ccc(Br)cc3)cc2)C=CC=C1. The molecule has 1 aliphatic heterocycles. The van der Waals surface area contributed by atoms with E-state index >= 15 is 0 Å². The Morgan fingerprint density at radius 3 is 2.03 bits per heavy atom. The number of halogens is 1. The highest BCUT2D eigenvalue weighted by atomic mass is 79.9. The molecule has 0 unspecified atom stereocenters. The number of rotatable bonds is 7. The minimum Gasteiger partial charge on any atom is -0.465 e. The monoisotopic (exact) mass is 525 g/mol. The van der Waals surface area contributed by atoms with Crippen molar-refractivity contribution in [3.8, 4) is 0 Å². The van der Waals surface area contributed by atoms with E-state index in [-0.39, 0.29) is 22.6 Å². The van der Waals surface area contributed by atoms with Crippen LogP contribution in [-0.4, -0.2) is 44.5 Å². The number of anilines is 1. The van der Waals surface area contributed by atoms with Gasteiger partial charge in [0.25, 0.3) is 0 Å². The molecule has 34 heavy (non-hydrogen) atoms. The van der Waals surface area contributed by atoms with Gasteiger partial charge in [0.2, 0.25) is 0 Å². The van der Waals surface area contributed by atoms with E-state index in [0.29, 0.717) is 11.3 Å². The zero-order valence-electron chi connectivity index (χ0n) is 18.3. The van der Waals surface area contributed by atoms with E-state index in [2.05, 4.69) is 15.9 Å². The average molecular weight is 526 g/mol. The summed E-state index contributed by atoms with van der Waals surface area (Å²) in [5.74, 6) is -2.46. The quantitative estimate of drug-likeness (QED) is 0.304. The number of hydrogen-bond donors (Lipinski definition) is 0. The van der Waals surface area contributed by atoms with E-state index in [1.54, 1.807) is 54.8 Å². The Labute approximate surface area is 204 Å². The van der Waals surface area contributed by atoms with Crippen LogP contribution in [0.15, 0.2) is 88.7 Å². The van der Waals surface area contributed by atoms with Crippen molar-refractivity contribution in [2.75, 3.05) is 25.7 Å². The highest BCUT2D eigenvalue weighted by Gasteiger charge is 2.27. The topological polar surface area (TPSA) is 99.2 Å². The first-order chi connectivity index (χ1) is 16.3. The second-order valence-corrected chi connectivity index (χ2v) is 7.78. The molecule has 8 nitrogen and oxygen atoms in total. The van der Waals surface area contributed by atoms with Crippen LogP contribution in [0.4, 0.5) is 5.69 Å². The summed E-state index contributed by atoms with van der Waals surface area (Å²) >= 11 is 3.30. The number of benzene rings is 2. The number of Topliss-reactive ketones (excluding diaryl/α,β-unsaturated/α-hetero) is 1. The van der Waals surface area contributed by atoms with Gasteiger partial charge in [0.05, 0.1) is 25.4 Å². The zero-order chi connectivity index (χ0) is 24.7. The predicted octanol–water partition coefficient (Wildman–Crippen LogP) is 3.98. The number of allylic oxidation sites excluding steroid dienone is 2. The summed E-state index contributed by atoms with van der Waals surface area (Å²) in [6, 6.07) is 12.8. The largest absolute Gasteiger partial charge is 0.465 e. The Bertz CT molecular complexity index is 1190. The maximum Gasteiger partial charge on any atom is 0.355 e. The molecule has 0 saturated carbocycles. The van der Waals surface area contributed by atoms with Gasteiger partial charge in [0.1, 0.15) is 5.70 Å². The van der Waals surface area contributed by atoms with Gasteiger partial charge in [0.15, 0.2) is 12.4 Å². The van der Waals surface area contributed by atoms with E-state index < -0.39 is 24.5 Å². The molecule has 9 heteroatoms. The fourth-order valence-electron chi connectivity index (χ4n) is 3.06. The molecule has 0 aliphatic carbocycles. The second kappa shape index (κ2) is 11.2. The summed E-state index contributed by atoms with van der Waals surface area (Å²) in [4.78, 5) is 50.8. The van der Waals surface area contributed by atoms with Crippen molar-refractivity contribution >= 4 is 45.3 Å². The predicted molar refractivity (Wildman–Crippen MR) is 127 cm³/mol. The average Bonchev–Trinajstić information content (AvgIpc) is 3.09. The Morgan fingerprint density at radius 2 is 1.41 bits per heavy atom. The Morgan fingerprint density at radius 1 is 0.794 bits per heavy atom. The van der Waals surface area contributed by atoms with Crippen molar-refractivity contribution in [1.82, 2.24) is 0 Å². The third-order valence-corrected chi connectivity index (χ3v) is 5.30. The lowest BCUT2D eigenvalue weighted by Gasteiger charge is -2.23. The molecule has 0 radical (unpaired) electrons. The van der Waals surface area contributed by atoms with E-state index in [4.69, 9.17) is 14.2 Å². The summed E-state index contributed by atoms with van der Waals surface area (Å²) in [5, 5.41) is 0. The van der Waals surface area contributed by atoms with Crippen LogP contribution < -0.4 is 4.90 Å². The molecule has 0 aromatic heterocycles. The molecule has 1 aliphatic rings. The molecule has 0 fully saturated rings. The van der Waals surface area contributed by atoms with E-state index in [1.807, 2.05) is 0 Å². The second-order valence-electron chi connectivity index (χ2n) is 6.87. The molecule has 0 bridgehead atoms. The van der Waals surface area contributed by atoms with Crippen LogP contribution >= 0.6 is 15.9 Å². The molecule has 1 heterocycles. The first-order valence-electron chi connectivity index (χ1n) is 9.96. The first-order valence-corrected chi connectivity index (χ1v) is 10.8. The fourth-order valence-corrected chi connectivity index (χ4v) is 3.32. The van der Waals surface area contributed by atoms with Gasteiger partial charge < -0.3 is 19.1 Å². The normalized spacial score (nSPS) is 12.7. The van der Waals surface area contributed by atoms with Crippen molar-refractivity contribution in [3.05, 3.63) is 99.8 Å². The maximum atomic E-state index is 12.5. The zero-order valence-corrected chi connectivity index (χ0v) is 19.9. The lowest BCUT2D eigenvalue weighted by atomic mass is 10.1. The molecule has 2 aromatic carbocycles. The van der Waals surface area contributed by atoms with Crippen LogP contribution in [0.25, 0.3) is 0 Å². The molecule has 3 rings (SSSR count). The van der Waals surface area contributed by atoms with Gasteiger partial charge >= 0.3 is 17.9 Å². The van der Waals surface area contributed by atoms with Crippen molar-refractivity contribution in [2.45, 2.75) is 0 Å². The van der Waals surface area contributed by atoms with E-state index in [1.165, 1.54) is 37.3 Å². The number of ether oxygens (including phenoxy) is 3. The lowest BCUT2D eigenvalue weighted by Crippen LogP contribution is -2.27. The number of ketones is 1. The van der Waals surface area contributed by atoms with Gasteiger partial charge in [-0.2, -0.15) is 0 Å². The standard InChI is InChI=1S/C25H20BrNO7/c1-32-24(30)20-5-3-4-14-27(22(20)25(31)33-2)19-12-8-17(9-13-19)23(29)34-15-21(28)16-6-10-18(26)11-7-16/h3-14H,15H2,1-2H3. The summed E-state index contributed by atoms with van der Waals surface area (Å²) < 4.78 is 15.6. The Kier molecular flexibility index (Phi) is 8.15. The third kappa shape index (κ3) is 5.68. The maximum absolute atomic E-state index is 12.5. The Balaban J connectivity index is 1.78. The van der Waals surface area contributed by atoms with Crippen molar-refractivity contribution in [1.29, 1.82) is 0 Å². The van der Waals surface area contributed by atoms with E-state index in [9.17, 15) is 19.2 Å². The number of nitrogens with zero attached hydrogens (tertiary/aromatic N) is 1. The molecule has 0 amide bonds. The minimum absolute atomic E-state index is 0.00860. The van der Waals surface area contributed by atoms with E-state index in [0.717, 1.165) is 4.47 Å². The van der Waals surface area contributed by atoms with Crippen LogP contribution in [0.1, 0.15) is 20.7 Å². The smallest absolute Gasteiger partial charge is 0.355 e. The van der Waals surface area contributed by atoms with Crippen molar-refractivity contribution in [3.63, 3.8) is 0 Å². The molecule has 0 atom stereocenters. The van der Waals surface area contributed by atoms with Gasteiger partial charge in [-0.25, -0.2) is 14.4 Å². The molecule has 174 valence electrons. The Hall–Kier alpha value is -3.98. The van der Waals surface area contributed by atoms with Gasteiger partial charge in [-0.15, -0.1) is 0 Å². The van der Waals surface area contributed by atoms with Gasteiger partial charge in [-0.05, 0) is 48.6 Å².